The lowest BCUT2D eigenvalue weighted by Gasteiger charge is -2.30. The number of ether oxygens (including phenoxy) is 2. The van der Waals surface area contributed by atoms with Crippen LogP contribution in [-0.4, -0.2) is 50.6 Å². The predicted octanol–water partition coefficient (Wildman–Crippen LogP) is 2.13. The van der Waals surface area contributed by atoms with Crippen molar-refractivity contribution >= 4 is 5.78 Å². The first-order valence-electron chi connectivity index (χ1n) is 6.76. The quantitative estimate of drug-likeness (QED) is 0.775. The summed E-state index contributed by atoms with van der Waals surface area (Å²) in [6, 6.07) is 4.02. The van der Waals surface area contributed by atoms with Gasteiger partial charge in [0, 0.05) is 20.2 Å². The van der Waals surface area contributed by atoms with E-state index in [1.807, 2.05) is 0 Å². The van der Waals surface area contributed by atoms with Crippen molar-refractivity contribution in [1.29, 1.82) is 0 Å². The molecule has 1 heterocycles. The normalized spacial score (nSPS) is 17.1. The maximum atomic E-state index is 13.3. The van der Waals surface area contributed by atoms with Crippen molar-refractivity contribution in [1.82, 2.24) is 4.90 Å². The highest BCUT2D eigenvalue weighted by Gasteiger charge is 2.22. The number of Topliss-reactive ketones (excluding diaryl/α,β-unsaturated/α-hetero) is 1. The van der Waals surface area contributed by atoms with Gasteiger partial charge < -0.3 is 9.47 Å². The molecule has 1 saturated heterocycles. The fourth-order valence-corrected chi connectivity index (χ4v) is 2.49. The predicted molar refractivity (Wildman–Crippen MR) is 73.8 cm³/mol. The van der Waals surface area contributed by atoms with Crippen LogP contribution < -0.4 is 4.74 Å². The van der Waals surface area contributed by atoms with Crippen molar-refractivity contribution in [2.75, 3.05) is 33.9 Å². The average Bonchev–Trinajstić information content (AvgIpc) is 2.48. The van der Waals surface area contributed by atoms with Gasteiger partial charge >= 0.3 is 0 Å². The van der Waals surface area contributed by atoms with Crippen molar-refractivity contribution in [2.45, 2.75) is 18.9 Å². The minimum atomic E-state index is -0.424. The molecule has 0 N–H and O–H groups in total. The summed E-state index contributed by atoms with van der Waals surface area (Å²) in [7, 11) is 3.19. The molecule has 0 aliphatic carbocycles. The third-order valence-corrected chi connectivity index (χ3v) is 3.70. The molecule has 1 fully saturated rings. The van der Waals surface area contributed by atoms with Crippen molar-refractivity contribution < 1.29 is 18.7 Å². The molecule has 0 aromatic heterocycles. The Morgan fingerprint density at radius 3 is 2.65 bits per heavy atom. The molecule has 0 spiro atoms. The highest BCUT2D eigenvalue weighted by Crippen LogP contribution is 2.21. The number of methoxy groups -OCH3 is 2. The number of carbonyl (C=O) groups excluding carboxylic acids is 1. The van der Waals surface area contributed by atoms with E-state index in [0.717, 1.165) is 25.9 Å². The topological polar surface area (TPSA) is 38.8 Å². The maximum Gasteiger partial charge on any atom is 0.180 e. The standard InChI is InChI=1S/C15H20FNO3/c1-19-12-5-7-17(8-6-12)10-14(18)13-9-11(16)3-4-15(13)20-2/h3-4,9,12H,5-8,10H2,1-2H3. The number of benzene rings is 1. The Balaban J connectivity index is 2.00. The third-order valence-electron chi connectivity index (χ3n) is 3.70. The summed E-state index contributed by atoms with van der Waals surface area (Å²) in [5.74, 6) is -0.118. The number of piperidine rings is 1. The van der Waals surface area contributed by atoms with E-state index >= 15 is 0 Å². The molecule has 0 bridgehead atoms. The van der Waals surface area contributed by atoms with Gasteiger partial charge in [0.15, 0.2) is 5.78 Å². The van der Waals surface area contributed by atoms with Gasteiger partial charge in [-0.2, -0.15) is 0 Å². The SMILES string of the molecule is COc1ccc(F)cc1C(=O)CN1CCC(OC)CC1. The molecule has 4 nitrogen and oxygen atoms in total. The third kappa shape index (κ3) is 3.55. The Kier molecular flexibility index (Phi) is 5.09. The number of ketones is 1. The monoisotopic (exact) mass is 281 g/mol. The molecule has 2 rings (SSSR count). The van der Waals surface area contributed by atoms with Gasteiger partial charge in [-0.15, -0.1) is 0 Å². The summed E-state index contributed by atoms with van der Waals surface area (Å²) in [6.45, 7) is 1.93. The van der Waals surface area contributed by atoms with Gasteiger partial charge in [0.05, 0.1) is 25.3 Å². The molecule has 0 saturated carbocycles. The molecule has 1 aliphatic rings. The largest absolute Gasteiger partial charge is 0.496 e. The van der Waals surface area contributed by atoms with Crippen molar-refractivity contribution in [3.8, 4) is 5.75 Å². The van der Waals surface area contributed by atoms with Gasteiger partial charge in [-0.05, 0) is 31.0 Å². The molecule has 1 aromatic rings. The number of carbonyl (C=O) groups is 1. The fourth-order valence-electron chi connectivity index (χ4n) is 2.49. The number of likely N-dealkylation sites (tertiary alicyclic amines) is 1. The van der Waals surface area contributed by atoms with E-state index in [2.05, 4.69) is 4.90 Å². The maximum absolute atomic E-state index is 13.3. The summed E-state index contributed by atoms with van der Waals surface area (Å²) in [4.78, 5) is 14.3. The summed E-state index contributed by atoms with van der Waals surface area (Å²) < 4.78 is 23.7. The summed E-state index contributed by atoms with van der Waals surface area (Å²) in [5.41, 5.74) is 0.307. The molecule has 0 atom stereocenters. The zero-order chi connectivity index (χ0) is 14.5. The molecule has 1 aromatic carbocycles. The minimum Gasteiger partial charge on any atom is -0.496 e. The average molecular weight is 281 g/mol. The second kappa shape index (κ2) is 6.81. The first-order chi connectivity index (χ1) is 9.63. The fraction of sp³-hybridized carbons (Fsp3) is 0.533. The van der Waals surface area contributed by atoms with E-state index in [1.54, 1.807) is 7.11 Å². The van der Waals surface area contributed by atoms with Gasteiger partial charge in [-0.1, -0.05) is 0 Å². The lowest BCUT2D eigenvalue weighted by Crippen LogP contribution is -2.39. The first-order valence-corrected chi connectivity index (χ1v) is 6.76. The van der Waals surface area contributed by atoms with E-state index in [4.69, 9.17) is 9.47 Å². The second-order valence-corrected chi connectivity index (χ2v) is 4.98. The molecule has 1 aliphatic heterocycles. The molecule has 0 unspecified atom stereocenters. The van der Waals surface area contributed by atoms with Crippen LogP contribution in [0.5, 0.6) is 5.75 Å². The summed E-state index contributed by atoms with van der Waals surface area (Å²) in [6.07, 6.45) is 2.12. The van der Waals surface area contributed by atoms with Crippen molar-refractivity contribution in [3.63, 3.8) is 0 Å². The van der Waals surface area contributed by atoms with Crippen LogP contribution in [-0.2, 0) is 4.74 Å². The highest BCUT2D eigenvalue weighted by atomic mass is 19.1. The van der Waals surface area contributed by atoms with Crippen LogP contribution >= 0.6 is 0 Å². The molecular weight excluding hydrogens is 261 g/mol. The van der Waals surface area contributed by atoms with Gasteiger partial charge in [-0.3, -0.25) is 9.69 Å². The Labute approximate surface area is 118 Å². The van der Waals surface area contributed by atoms with E-state index in [1.165, 1.54) is 25.3 Å². The summed E-state index contributed by atoms with van der Waals surface area (Å²) >= 11 is 0. The Morgan fingerprint density at radius 2 is 2.05 bits per heavy atom. The summed E-state index contributed by atoms with van der Waals surface area (Å²) in [5, 5.41) is 0. The zero-order valence-electron chi connectivity index (χ0n) is 11.9. The number of hydrogen-bond acceptors (Lipinski definition) is 4. The minimum absolute atomic E-state index is 0.114. The van der Waals surface area contributed by atoms with Crippen LogP contribution in [0.15, 0.2) is 18.2 Å². The zero-order valence-corrected chi connectivity index (χ0v) is 11.9. The Morgan fingerprint density at radius 1 is 1.35 bits per heavy atom. The molecule has 0 radical (unpaired) electrons. The smallest absolute Gasteiger partial charge is 0.180 e. The van der Waals surface area contributed by atoms with Gasteiger partial charge in [0.25, 0.3) is 0 Å². The van der Waals surface area contributed by atoms with E-state index < -0.39 is 5.82 Å². The first kappa shape index (κ1) is 14.9. The number of hydrogen-bond donors (Lipinski definition) is 0. The Hall–Kier alpha value is -1.46. The van der Waals surface area contributed by atoms with Crippen LogP contribution in [0.1, 0.15) is 23.2 Å². The van der Waals surface area contributed by atoms with Gasteiger partial charge in [0.1, 0.15) is 11.6 Å². The Bertz CT molecular complexity index is 470. The van der Waals surface area contributed by atoms with Gasteiger partial charge in [0.2, 0.25) is 0 Å². The van der Waals surface area contributed by atoms with Crippen molar-refractivity contribution in [2.24, 2.45) is 0 Å². The second-order valence-electron chi connectivity index (χ2n) is 4.98. The van der Waals surface area contributed by atoms with E-state index in [0.29, 0.717) is 11.3 Å². The van der Waals surface area contributed by atoms with Gasteiger partial charge in [-0.25, -0.2) is 4.39 Å². The lowest BCUT2D eigenvalue weighted by molar-refractivity contribution is 0.0401. The van der Waals surface area contributed by atoms with Crippen LogP contribution in [0, 0.1) is 5.82 Å². The van der Waals surface area contributed by atoms with Crippen LogP contribution in [0.25, 0.3) is 0 Å². The molecule has 20 heavy (non-hydrogen) atoms. The number of halogens is 1. The molecule has 5 heteroatoms. The molecule has 0 amide bonds. The number of rotatable bonds is 5. The van der Waals surface area contributed by atoms with Crippen LogP contribution in [0.2, 0.25) is 0 Å². The van der Waals surface area contributed by atoms with E-state index in [-0.39, 0.29) is 18.4 Å². The van der Waals surface area contributed by atoms with Crippen LogP contribution in [0.4, 0.5) is 4.39 Å². The lowest BCUT2D eigenvalue weighted by atomic mass is 10.1. The number of nitrogens with zero attached hydrogens (tertiary/aromatic N) is 1. The highest BCUT2D eigenvalue weighted by molar-refractivity contribution is 6.00. The van der Waals surface area contributed by atoms with Crippen LogP contribution in [0.3, 0.4) is 0 Å². The van der Waals surface area contributed by atoms with E-state index in [9.17, 15) is 9.18 Å². The molecular formula is C15H20FNO3. The molecule has 110 valence electrons. The van der Waals surface area contributed by atoms with Crippen molar-refractivity contribution in [3.05, 3.63) is 29.6 Å².